The largest absolute Gasteiger partial charge is 0.492 e. The molecule has 4 rings (SSSR count). The molecule has 1 aliphatic rings. The summed E-state index contributed by atoms with van der Waals surface area (Å²) in [6.07, 6.45) is -0.263. The minimum absolute atomic E-state index is 0.104. The van der Waals surface area contributed by atoms with E-state index in [0.717, 1.165) is 16.2 Å². The molecule has 2 aromatic carbocycles. The first-order chi connectivity index (χ1) is 15.0. The summed E-state index contributed by atoms with van der Waals surface area (Å²) in [6, 6.07) is 17.0. The molecule has 160 valence electrons. The van der Waals surface area contributed by atoms with Gasteiger partial charge in [0, 0.05) is 10.6 Å². The van der Waals surface area contributed by atoms with Crippen LogP contribution in [0.15, 0.2) is 60.0 Å². The van der Waals surface area contributed by atoms with Crippen molar-refractivity contribution in [1.29, 1.82) is 0 Å². The van der Waals surface area contributed by atoms with Gasteiger partial charge in [-0.15, -0.1) is 11.3 Å². The third kappa shape index (κ3) is 5.06. The molecule has 0 saturated heterocycles. The smallest absolute Gasteiger partial charge is 0.267 e. The molecule has 0 saturated carbocycles. The van der Waals surface area contributed by atoms with Crippen molar-refractivity contribution in [1.82, 2.24) is 0 Å². The zero-order chi connectivity index (χ0) is 21.8. The zero-order valence-electron chi connectivity index (χ0n) is 17.5. The Morgan fingerprint density at radius 1 is 1.19 bits per heavy atom. The molecule has 6 nitrogen and oxygen atoms in total. The predicted octanol–water partition coefficient (Wildman–Crippen LogP) is 4.43. The Morgan fingerprint density at radius 3 is 2.84 bits per heavy atom. The molecule has 1 atom stereocenters. The molecule has 7 heteroatoms. The number of amides is 2. The number of rotatable bonds is 7. The summed E-state index contributed by atoms with van der Waals surface area (Å²) in [6.45, 7) is 4.46. The maximum absolute atomic E-state index is 12.8. The van der Waals surface area contributed by atoms with Crippen LogP contribution in [0, 0.1) is 6.92 Å². The number of thiophene rings is 1. The lowest BCUT2D eigenvalue weighted by atomic mass is 10.1. The first-order valence-corrected chi connectivity index (χ1v) is 11.0. The summed E-state index contributed by atoms with van der Waals surface area (Å²) in [5, 5.41) is 4.85. The Hall–Kier alpha value is -3.32. The van der Waals surface area contributed by atoms with Crippen LogP contribution >= 0.6 is 11.3 Å². The highest BCUT2D eigenvalue weighted by atomic mass is 32.1. The molecule has 0 radical (unpaired) electrons. The lowest BCUT2D eigenvalue weighted by molar-refractivity contribution is -0.125. The average Bonchev–Trinajstić information content (AvgIpc) is 3.24. The molecule has 3 aromatic rings. The van der Waals surface area contributed by atoms with Crippen LogP contribution in [0.4, 0.5) is 11.4 Å². The lowest BCUT2D eigenvalue weighted by Gasteiger charge is -2.33. The zero-order valence-corrected chi connectivity index (χ0v) is 18.3. The normalized spacial score (nSPS) is 15.2. The van der Waals surface area contributed by atoms with Crippen LogP contribution in [0.2, 0.25) is 0 Å². The summed E-state index contributed by atoms with van der Waals surface area (Å²) < 4.78 is 11.6. The van der Waals surface area contributed by atoms with Crippen LogP contribution in [-0.4, -0.2) is 31.1 Å². The highest BCUT2D eigenvalue weighted by molar-refractivity contribution is 7.10. The molecule has 1 aromatic heterocycles. The summed E-state index contributed by atoms with van der Waals surface area (Å²) in [7, 11) is 0. The van der Waals surface area contributed by atoms with Crippen LogP contribution in [0.25, 0.3) is 0 Å². The standard InChI is InChI=1S/C24H24N2O4S/c1-16-5-3-6-19(13-16)29-11-10-26-21-14-18(8-9-22(21)30-17(2)24(26)28)25-23(27)15-20-7-4-12-31-20/h3-9,12-14,17H,10-11,15H2,1-2H3,(H,25,27). The molecule has 0 fully saturated rings. The monoisotopic (exact) mass is 436 g/mol. The van der Waals surface area contributed by atoms with Gasteiger partial charge in [-0.3, -0.25) is 9.59 Å². The Labute approximate surface area is 185 Å². The molecule has 2 amide bonds. The number of fused-ring (bicyclic) bond motifs is 1. The third-order valence-corrected chi connectivity index (χ3v) is 5.82. The fourth-order valence-corrected chi connectivity index (χ4v) is 4.16. The molecule has 0 bridgehead atoms. The van der Waals surface area contributed by atoms with E-state index in [2.05, 4.69) is 5.32 Å². The molecule has 2 heterocycles. The molecule has 1 unspecified atom stereocenters. The highest BCUT2D eigenvalue weighted by Gasteiger charge is 2.31. The van der Waals surface area contributed by atoms with Gasteiger partial charge in [0.15, 0.2) is 6.10 Å². The lowest BCUT2D eigenvalue weighted by Crippen LogP contribution is -2.46. The van der Waals surface area contributed by atoms with Crippen molar-refractivity contribution in [2.24, 2.45) is 0 Å². The molecule has 0 spiro atoms. The summed E-state index contributed by atoms with van der Waals surface area (Å²) in [5.41, 5.74) is 2.36. The molecule has 0 aliphatic carbocycles. The topological polar surface area (TPSA) is 67.9 Å². The number of hydrogen-bond donors (Lipinski definition) is 1. The van der Waals surface area contributed by atoms with Crippen LogP contribution in [0.1, 0.15) is 17.4 Å². The van der Waals surface area contributed by atoms with Gasteiger partial charge in [0.25, 0.3) is 5.91 Å². The van der Waals surface area contributed by atoms with Gasteiger partial charge in [-0.25, -0.2) is 0 Å². The second-order valence-corrected chi connectivity index (χ2v) is 8.43. The number of benzene rings is 2. The van der Waals surface area contributed by atoms with Gasteiger partial charge >= 0.3 is 0 Å². The molecular formula is C24H24N2O4S. The SMILES string of the molecule is Cc1cccc(OCCN2C(=O)C(C)Oc3ccc(NC(=O)Cc4cccs4)cc32)c1. The number of nitrogens with zero attached hydrogens (tertiary/aromatic N) is 1. The van der Waals surface area contributed by atoms with E-state index in [9.17, 15) is 9.59 Å². The molecule has 1 aliphatic heterocycles. The number of hydrogen-bond acceptors (Lipinski definition) is 5. The van der Waals surface area contributed by atoms with Crippen molar-refractivity contribution in [2.75, 3.05) is 23.4 Å². The van der Waals surface area contributed by atoms with Crippen molar-refractivity contribution < 1.29 is 19.1 Å². The van der Waals surface area contributed by atoms with E-state index < -0.39 is 6.10 Å². The van der Waals surface area contributed by atoms with E-state index in [1.165, 1.54) is 0 Å². The molecule has 31 heavy (non-hydrogen) atoms. The van der Waals surface area contributed by atoms with Crippen molar-refractivity contribution in [3.63, 3.8) is 0 Å². The Bertz CT molecular complexity index is 1080. The fraction of sp³-hybridized carbons (Fsp3) is 0.250. The van der Waals surface area contributed by atoms with Crippen LogP contribution in [0.3, 0.4) is 0 Å². The van der Waals surface area contributed by atoms with E-state index in [1.54, 1.807) is 41.4 Å². The predicted molar refractivity (Wildman–Crippen MR) is 122 cm³/mol. The second kappa shape index (κ2) is 9.22. The molecular weight excluding hydrogens is 412 g/mol. The van der Waals surface area contributed by atoms with Crippen molar-refractivity contribution in [3.05, 3.63) is 70.4 Å². The van der Waals surface area contributed by atoms with Gasteiger partial charge < -0.3 is 19.7 Å². The van der Waals surface area contributed by atoms with Gasteiger partial charge in [0.1, 0.15) is 18.1 Å². The summed E-state index contributed by atoms with van der Waals surface area (Å²) in [5.74, 6) is 1.14. The number of nitrogens with one attached hydrogen (secondary N) is 1. The first-order valence-electron chi connectivity index (χ1n) is 10.1. The third-order valence-electron chi connectivity index (χ3n) is 4.94. The Kier molecular flexibility index (Phi) is 6.23. The number of ether oxygens (including phenoxy) is 2. The minimum atomic E-state index is -0.578. The van der Waals surface area contributed by atoms with E-state index in [4.69, 9.17) is 9.47 Å². The van der Waals surface area contributed by atoms with Gasteiger partial charge in [0.2, 0.25) is 5.91 Å². The molecule has 1 N–H and O–H groups in total. The summed E-state index contributed by atoms with van der Waals surface area (Å²) in [4.78, 5) is 27.8. The minimum Gasteiger partial charge on any atom is -0.492 e. The number of carbonyl (C=O) groups is 2. The van der Waals surface area contributed by atoms with Crippen molar-refractivity contribution in [3.8, 4) is 11.5 Å². The van der Waals surface area contributed by atoms with Crippen LogP contribution in [0.5, 0.6) is 11.5 Å². The Balaban J connectivity index is 1.47. The van der Waals surface area contributed by atoms with Gasteiger partial charge in [-0.2, -0.15) is 0 Å². The first kappa shape index (κ1) is 20.9. The van der Waals surface area contributed by atoms with E-state index >= 15 is 0 Å². The fourth-order valence-electron chi connectivity index (χ4n) is 3.45. The van der Waals surface area contributed by atoms with Crippen molar-refractivity contribution in [2.45, 2.75) is 26.4 Å². The van der Waals surface area contributed by atoms with E-state index in [1.807, 2.05) is 48.7 Å². The van der Waals surface area contributed by atoms with Gasteiger partial charge in [-0.1, -0.05) is 18.2 Å². The number of aryl methyl sites for hydroxylation is 1. The maximum atomic E-state index is 12.8. The van der Waals surface area contributed by atoms with E-state index in [-0.39, 0.29) is 11.8 Å². The number of anilines is 2. The van der Waals surface area contributed by atoms with Gasteiger partial charge in [0.05, 0.1) is 18.7 Å². The van der Waals surface area contributed by atoms with Crippen LogP contribution < -0.4 is 19.7 Å². The maximum Gasteiger partial charge on any atom is 0.267 e. The highest BCUT2D eigenvalue weighted by Crippen LogP contribution is 2.36. The van der Waals surface area contributed by atoms with Crippen molar-refractivity contribution >= 4 is 34.5 Å². The quantitative estimate of drug-likeness (QED) is 0.595. The van der Waals surface area contributed by atoms with Gasteiger partial charge in [-0.05, 0) is 61.2 Å². The van der Waals surface area contributed by atoms with Crippen LogP contribution in [-0.2, 0) is 16.0 Å². The second-order valence-electron chi connectivity index (χ2n) is 7.40. The number of carbonyl (C=O) groups excluding carboxylic acids is 2. The average molecular weight is 437 g/mol. The Morgan fingerprint density at radius 2 is 2.06 bits per heavy atom. The van der Waals surface area contributed by atoms with E-state index in [0.29, 0.717) is 36.7 Å². The summed E-state index contributed by atoms with van der Waals surface area (Å²) >= 11 is 1.55.